The lowest BCUT2D eigenvalue weighted by Crippen LogP contribution is -2.50. The van der Waals surface area contributed by atoms with E-state index in [4.69, 9.17) is 13.9 Å². The molecule has 1 N–H and O–H groups in total. The van der Waals surface area contributed by atoms with Crippen LogP contribution in [-0.4, -0.2) is 42.3 Å². The van der Waals surface area contributed by atoms with Crippen LogP contribution in [0.2, 0.25) is 0 Å². The molecule has 228 valence electrons. The molecular weight excluding hydrogens is 554 g/mol. The molecule has 3 saturated heterocycles. The Labute approximate surface area is 258 Å². The molecule has 5 heterocycles. The zero-order valence-electron chi connectivity index (χ0n) is 25.6. The van der Waals surface area contributed by atoms with Gasteiger partial charge in [0.1, 0.15) is 11.8 Å². The van der Waals surface area contributed by atoms with Crippen molar-refractivity contribution in [2.45, 2.75) is 57.9 Å². The van der Waals surface area contributed by atoms with Crippen molar-refractivity contribution in [1.29, 1.82) is 0 Å². The average Bonchev–Trinajstić information content (AvgIpc) is 3.39. The van der Waals surface area contributed by atoms with Crippen LogP contribution in [0.5, 0.6) is 0 Å². The summed E-state index contributed by atoms with van der Waals surface area (Å²) in [6, 6.07) is 23.1. The molecule has 0 spiro atoms. The minimum atomic E-state index is -1.03. The van der Waals surface area contributed by atoms with Crippen LogP contribution in [0.15, 0.2) is 95.7 Å². The fourth-order valence-corrected chi connectivity index (χ4v) is 6.08. The Balaban J connectivity index is 1.40. The predicted molar refractivity (Wildman–Crippen MR) is 168 cm³/mol. The summed E-state index contributed by atoms with van der Waals surface area (Å²) in [5, 5.41) is 3.23. The number of nitrogens with one attached hydrogen (secondary N) is 1. The van der Waals surface area contributed by atoms with Gasteiger partial charge in [-0.25, -0.2) is 0 Å². The monoisotopic (exact) mass is 593 g/mol. The second-order valence-electron chi connectivity index (χ2n) is 12.8. The summed E-state index contributed by atoms with van der Waals surface area (Å²) in [5.41, 5.74) is 3.03. The van der Waals surface area contributed by atoms with Crippen molar-refractivity contribution < 1.29 is 23.5 Å². The Morgan fingerprint density at radius 2 is 1.68 bits per heavy atom. The number of furan rings is 1. The Morgan fingerprint density at radius 1 is 0.932 bits per heavy atom. The molecule has 2 aromatic heterocycles. The summed E-state index contributed by atoms with van der Waals surface area (Å²) in [4.78, 5) is 34.7. The largest absolute Gasteiger partial charge is 0.451 e. The van der Waals surface area contributed by atoms with Gasteiger partial charge in [0.25, 0.3) is 5.91 Å². The van der Waals surface area contributed by atoms with E-state index in [1.165, 1.54) is 4.90 Å². The lowest BCUT2D eigenvalue weighted by molar-refractivity contribution is -0.175. The molecule has 0 saturated carbocycles. The topological polar surface area (TPSA) is 93.9 Å². The zero-order valence-corrected chi connectivity index (χ0v) is 25.6. The first-order valence-corrected chi connectivity index (χ1v) is 15.2. The quantitative estimate of drug-likeness (QED) is 0.262. The first-order valence-electron chi connectivity index (χ1n) is 15.2. The van der Waals surface area contributed by atoms with Crippen LogP contribution in [0.1, 0.15) is 61.8 Å². The number of ether oxygens (including phenoxy) is 2. The number of hydrogen-bond donors (Lipinski definition) is 1. The van der Waals surface area contributed by atoms with E-state index in [0.717, 1.165) is 17.5 Å². The number of hydrogen-bond acceptors (Lipinski definition) is 6. The molecule has 3 aliphatic heterocycles. The molecule has 3 unspecified atom stereocenters. The van der Waals surface area contributed by atoms with Gasteiger partial charge < -0.3 is 19.2 Å². The number of benzene rings is 2. The van der Waals surface area contributed by atoms with Crippen molar-refractivity contribution in [3.05, 3.63) is 108 Å². The van der Waals surface area contributed by atoms with E-state index < -0.39 is 11.9 Å². The van der Waals surface area contributed by atoms with Crippen molar-refractivity contribution in [2.24, 2.45) is 11.8 Å². The van der Waals surface area contributed by atoms with Crippen molar-refractivity contribution >= 4 is 17.5 Å². The van der Waals surface area contributed by atoms with Gasteiger partial charge >= 0.3 is 0 Å². The van der Waals surface area contributed by atoms with Gasteiger partial charge in [-0.3, -0.25) is 19.5 Å². The highest BCUT2D eigenvalue weighted by molar-refractivity contribution is 6.09. The highest BCUT2D eigenvalue weighted by Crippen LogP contribution is 2.35. The number of rotatable bonds is 7. The van der Waals surface area contributed by atoms with Crippen LogP contribution in [-0.2, 0) is 19.7 Å². The highest BCUT2D eigenvalue weighted by atomic mass is 16.7. The van der Waals surface area contributed by atoms with E-state index in [9.17, 15) is 9.59 Å². The van der Waals surface area contributed by atoms with Gasteiger partial charge in [-0.05, 0) is 47.7 Å². The second kappa shape index (κ2) is 12.4. The summed E-state index contributed by atoms with van der Waals surface area (Å²) in [7, 11) is 0. The minimum Gasteiger partial charge on any atom is -0.451 e. The van der Waals surface area contributed by atoms with Gasteiger partial charge in [0, 0.05) is 41.0 Å². The number of amides is 2. The van der Waals surface area contributed by atoms with Crippen LogP contribution in [0.25, 0.3) is 11.3 Å². The van der Waals surface area contributed by atoms with E-state index in [-0.39, 0.29) is 41.3 Å². The van der Waals surface area contributed by atoms with Crippen LogP contribution in [0, 0.1) is 11.8 Å². The average molecular weight is 594 g/mol. The predicted octanol–water partition coefficient (Wildman–Crippen LogP) is 6.54. The molecule has 8 nitrogen and oxygen atoms in total. The van der Waals surface area contributed by atoms with Crippen molar-refractivity contribution in [2.75, 3.05) is 18.1 Å². The van der Waals surface area contributed by atoms with Crippen LogP contribution in [0.4, 0.5) is 5.69 Å². The summed E-state index contributed by atoms with van der Waals surface area (Å²) in [6.07, 6.45) is 3.90. The second-order valence-corrected chi connectivity index (χ2v) is 12.8. The van der Waals surface area contributed by atoms with Gasteiger partial charge in [-0.15, -0.1) is 0 Å². The smallest absolute Gasteiger partial charge is 0.295 e. The Bertz CT molecular complexity index is 1580. The molecule has 2 amide bonds. The number of anilines is 1. The fraction of sp³-hybridized carbons (Fsp3) is 0.361. The number of carbonyl (C=O) groups excluding carboxylic acids is 2. The molecule has 0 aliphatic carbocycles. The van der Waals surface area contributed by atoms with E-state index in [2.05, 4.69) is 38.0 Å². The number of carbonyl (C=O) groups is 2. The normalized spacial score (nSPS) is 22.2. The summed E-state index contributed by atoms with van der Waals surface area (Å²) < 4.78 is 18.0. The molecule has 4 aromatic rings. The van der Waals surface area contributed by atoms with Crippen molar-refractivity contribution in [3.63, 3.8) is 0 Å². The van der Waals surface area contributed by atoms with E-state index >= 15 is 0 Å². The van der Waals surface area contributed by atoms with Gasteiger partial charge in [-0.1, -0.05) is 76.2 Å². The molecule has 44 heavy (non-hydrogen) atoms. The van der Waals surface area contributed by atoms with Crippen LogP contribution >= 0.6 is 0 Å². The molecule has 2 aromatic carbocycles. The van der Waals surface area contributed by atoms with E-state index in [0.29, 0.717) is 30.2 Å². The number of fused-ring (bicyclic) bond motifs is 4. The van der Waals surface area contributed by atoms with E-state index in [1.54, 1.807) is 30.6 Å². The van der Waals surface area contributed by atoms with Gasteiger partial charge in [0.2, 0.25) is 5.91 Å². The van der Waals surface area contributed by atoms with Crippen LogP contribution in [0.3, 0.4) is 0 Å². The van der Waals surface area contributed by atoms with E-state index in [1.807, 2.05) is 60.7 Å². The molecule has 5 atom stereocenters. The highest BCUT2D eigenvalue weighted by Gasteiger charge is 2.41. The molecule has 3 aliphatic rings. The van der Waals surface area contributed by atoms with Gasteiger partial charge in [0.05, 0.1) is 19.3 Å². The number of nitrogens with zero attached hydrogens (tertiary/aromatic N) is 2. The molecule has 0 radical (unpaired) electrons. The molecule has 7 rings (SSSR count). The van der Waals surface area contributed by atoms with Crippen molar-refractivity contribution in [3.8, 4) is 11.3 Å². The molecular formula is C36H39N3O5. The molecule has 2 bridgehead atoms. The standard InChI is InChI=1S/C36H39N3O5/c1-23-19-26-21-42-35(23)43-22-29(26)38-33(40)32(25-11-8-18-37-20-25)39(28-14-12-27(13-15-28)36(2,3)4)34(41)31-17-16-30(44-31)24-9-6-5-7-10-24/h5-18,20,23,26,29,32,35H,19,21-22H2,1-4H3,(H,38,40)/t23?,26?,29-,32?,35+/m1/s1. The third kappa shape index (κ3) is 6.18. The summed E-state index contributed by atoms with van der Waals surface area (Å²) >= 11 is 0. The Hall–Kier alpha value is -4.27. The molecule has 8 heteroatoms. The van der Waals surface area contributed by atoms with Crippen LogP contribution < -0.4 is 10.2 Å². The lowest BCUT2D eigenvalue weighted by Gasteiger charge is -2.34. The summed E-state index contributed by atoms with van der Waals surface area (Å²) in [6.45, 7) is 9.38. The summed E-state index contributed by atoms with van der Waals surface area (Å²) in [5.74, 6) is 0.282. The maximum absolute atomic E-state index is 14.5. The number of pyridine rings is 1. The fourth-order valence-electron chi connectivity index (χ4n) is 6.08. The number of aromatic nitrogens is 1. The van der Waals surface area contributed by atoms with Gasteiger partial charge in [0.15, 0.2) is 12.1 Å². The first-order chi connectivity index (χ1) is 21.2. The Kier molecular flexibility index (Phi) is 8.38. The third-order valence-electron chi connectivity index (χ3n) is 8.56. The van der Waals surface area contributed by atoms with Crippen molar-refractivity contribution in [1.82, 2.24) is 10.3 Å². The first kappa shape index (κ1) is 29.8. The maximum Gasteiger partial charge on any atom is 0.295 e. The minimum absolute atomic E-state index is 0.0864. The molecule has 3 fully saturated rings. The SMILES string of the molecule is CC1CC2CO[C@H]1OC[C@H]2NC(=O)C(c1cccnc1)N(C(=O)c1ccc(-c2ccccc2)o1)c1ccc(C(C)(C)C)cc1. The maximum atomic E-state index is 14.5. The Morgan fingerprint density at radius 3 is 2.36 bits per heavy atom. The van der Waals surface area contributed by atoms with Gasteiger partial charge in [-0.2, -0.15) is 0 Å². The lowest BCUT2D eigenvalue weighted by atomic mass is 9.87. The third-order valence-corrected chi connectivity index (χ3v) is 8.56. The zero-order chi connectivity index (χ0) is 30.8.